The molecule has 0 spiro atoms. The molecule has 0 amide bonds. The minimum Gasteiger partial charge on any atom is -0.378 e. The summed E-state index contributed by atoms with van der Waals surface area (Å²) >= 11 is 5.84. The topological polar surface area (TPSA) is 50.6 Å². The summed E-state index contributed by atoms with van der Waals surface area (Å²) < 4.78 is 7.09. The first-order valence-electron chi connectivity index (χ1n) is 11.9. The van der Waals surface area contributed by atoms with Gasteiger partial charge in [-0.2, -0.15) is 5.10 Å². The minimum atomic E-state index is -0.0817. The molecule has 2 aliphatic heterocycles. The number of rotatable bonds is 4. The average molecular weight is 453 g/mol. The van der Waals surface area contributed by atoms with E-state index in [-0.39, 0.29) is 5.56 Å². The van der Waals surface area contributed by atoms with E-state index in [0.29, 0.717) is 12.5 Å². The van der Waals surface area contributed by atoms with Crippen LogP contribution >= 0.6 is 12.2 Å². The fourth-order valence-electron chi connectivity index (χ4n) is 5.34. The molecular weight excluding hydrogens is 420 g/mol. The lowest BCUT2D eigenvalue weighted by Crippen LogP contribution is -2.36. The Labute approximate surface area is 195 Å². The van der Waals surface area contributed by atoms with Crippen molar-refractivity contribution in [3.8, 4) is 0 Å². The van der Waals surface area contributed by atoms with Crippen molar-refractivity contribution in [3.05, 3.63) is 51.9 Å². The zero-order chi connectivity index (χ0) is 22.1. The minimum absolute atomic E-state index is 0.0817. The van der Waals surface area contributed by atoms with Gasteiger partial charge in [0.2, 0.25) is 0 Å². The largest absolute Gasteiger partial charge is 0.378 e. The van der Waals surface area contributed by atoms with Gasteiger partial charge < -0.3 is 14.5 Å². The first-order chi connectivity index (χ1) is 15.6. The van der Waals surface area contributed by atoms with Crippen LogP contribution in [0.25, 0.3) is 0 Å². The van der Waals surface area contributed by atoms with Crippen molar-refractivity contribution in [2.24, 2.45) is 5.92 Å². The average Bonchev–Trinajstić information content (AvgIpc) is 3.26. The smallest absolute Gasteiger partial charge is 0.267 e. The first kappa shape index (κ1) is 21.6. The lowest BCUT2D eigenvalue weighted by atomic mass is 9.81. The number of nitrogens with zero attached hydrogens (tertiary/aromatic N) is 4. The van der Waals surface area contributed by atoms with Gasteiger partial charge >= 0.3 is 0 Å². The van der Waals surface area contributed by atoms with E-state index in [9.17, 15) is 4.79 Å². The Kier molecular flexibility index (Phi) is 6.28. The number of fused-ring (bicyclic) bond motifs is 1. The molecule has 1 aliphatic carbocycles. The van der Waals surface area contributed by atoms with E-state index >= 15 is 0 Å². The predicted molar refractivity (Wildman–Crippen MR) is 132 cm³/mol. The number of hydrogen-bond donors (Lipinski definition) is 0. The molecule has 170 valence electrons. The van der Waals surface area contributed by atoms with E-state index in [0.717, 1.165) is 68.7 Å². The maximum absolute atomic E-state index is 12.6. The molecule has 0 N–H and O–H groups in total. The van der Waals surface area contributed by atoms with Crippen molar-refractivity contribution in [1.29, 1.82) is 0 Å². The van der Waals surface area contributed by atoms with Crippen LogP contribution in [-0.4, -0.2) is 47.6 Å². The number of benzene rings is 1. The Morgan fingerprint density at radius 3 is 2.59 bits per heavy atom. The van der Waals surface area contributed by atoms with Crippen LogP contribution in [0.3, 0.4) is 0 Å². The summed E-state index contributed by atoms with van der Waals surface area (Å²) in [5, 5.41) is 4.75. The van der Waals surface area contributed by atoms with E-state index in [1.807, 2.05) is 6.07 Å². The predicted octanol–water partition coefficient (Wildman–Crippen LogP) is 3.76. The molecule has 7 heteroatoms. The maximum atomic E-state index is 12.6. The summed E-state index contributed by atoms with van der Waals surface area (Å²) in [5.41, 5.74) is 4.77. The molecule has 1 saturated heterocycles. The molecule has 3 aliphatic rings. The monoisotopic (exact) mass is 452 g/mol. The summed E-state index contributed by atoms with van der Waals surface area (Å²) in [7, 11) is 0. The SMILES string of the molecule is CC1CCC(c2ccc(=O)n(CC(=S)N3CCc4c(N5CCOCC5)cccc43)n2)CC1. The lowest BCUT2D eigenvalue weighted by Gasteiger charge is -2.30. The zero-order valence-electron chi connectivity index (χ0n) is 18.8. The van der Waals surface area contributed by atoms with Gasteiger partial charge in [-0.25, -0.2) is 4.68 Å². The third-order valence-electron chi connectivity index (χ3n) is 7.26. The van der Waals surface area contributed by atoms with E-state index < -0.39 is 0 Å². The van der Waals surface area contributed by atoms with Crippen LogP contribution in [0.15, 0.2) is 35.1 Å². The van der Waals surface area contributed by atoms with Gasteiger partial charge in [-0.3, -0.25) is 4.79 Å². The van der Waals surface area contributed by atoms with Gasteiger partial charge in [0.1, 0.15) is 4.99 Å². The molecule has 1 aromatic heterocycles. The maximum Gasteiger partial charge on any atom is 0.267 e. The number of hydrogen-bond acceptors (Lipinski definition) is 5. The Bertz CT molecular complexity index is 1040. The number of ether oxygens (including phenoxy) is 1. The zero-order valence-corrected chi connectivity index (χ0v) is 19.6. The third-order valence-corrected chi connectivity index (χ3v) is 7.61. The van der Waals surface area contributed by atoms with Crippen molar-refractivity contribution in [2.45, 2.75) is 51.5 Å². The molecule has 0 atom stereocenters. The van der Waals surface area contributed by atoms with Crippen LogP contribution in [0.2, 0.25) is 0 Å². The highest BCUT2D eigenvalue weighted by atomic mass is 32.1. The fourth-order valence-corrected chi connectivity index (χ4v) is 5.65. The fraction of sp³-hybridized carbons (Fsp3) is 0.560. The summed E-state index contributed by atoms with van der Waals surface area (Å²) in [5.74, 6) is 1.25. The van der Waals surface area contributed by atoms with Crippen LogP contribution in [0.4, 0.5) is 11.4 Å². The molecule has 1 saturated carbocycles. The second-order valence-corrected chi connectivity index (χ2v) is 9.85. The number of anilines is 2. The second-order valence-electron chi connectivity index (χ2n) is 9.38. The normalized spacial score (nSPS) is 23.3. The molecule has 6 nitrogen and oxygen atoms in total. The van der Waals surface area contributed by atoms with E-state index in [1.165, 1.54) is 29.8 Å². The van der Waals surface area contributed by atoms with E-state index in [1.54, 1.807) is 10.7 Å². The second kappa shape index (κ2) is 9.32. The standard InChI is InChI=1S/C25H32N4O2S/c1-18-5-7-19(8-6-18)21-9-10-24(30)29(26-21)17-25(32)28-12-11-20-22(3-2-4-23(20)28)27-13-15-31-16-14-27/h2-4,9-10,18-19H,5-8,11-17H2,1H3. The van der Waals surface area contributed by atoms with E-state index in [2.05, 4.69) is 34.9 Å². The van der Waals surface area contributed by atoms with Gasteiger partial charge in [0, 0.05) is 48.6 Å². The summed E-state index contributed by atoms with van der Waals surface area (Å²) in [6.45, 7) is 6.92. The highest BCUT2D eigenvalue weighted by Crippen LogP contribution is 2.37. The Hall–Kier alpha value is -2.25. The van der Waals surface area contributed by atoms with Crippen molar-refractivity contribution < 1.29 is 4.74 Å². The first-order valence-corrected chi connectivity index (χ1v) is 12.3. The summed E-state index contributed by atoms with van der Waals surface area (Å²) in [4.78, 5) is 17.9. The molecule has 2 aromatic rings. The third kappa shape index (κ3) is 4.33. The van der Waals surface area contributed by atoms with Crippen molar-refractivity contribution in [3.63, 3.8) is 0 Å². The van der Waals surface area contributed by atoms with Gasteiger partial charge in [-0.05, 0) is 43.4 Å². The molecule has 3 heterocycles. The molecular formula is C25H32N4O2S. The molecule has 0 unspecified atom stereocenters. The summed E-state index contributed by atoms with van der Waals surface area (Å²) in [6.07, 6.45) is 5.74. The molecule has 1 aromatic carbocycles. The van der Waals surface area contributed by atoms with E-state index in [4.69, 9.17) is 22.1 Å². The number of thiocarbonyl (C=S) groups is 1. The lowest BCUT2D eigenvalue weighted by molar-refractivity contribution is 0.122. The number of morpholine rings is 1. The Morgan fingerprint density at radius 2 is 1.81 bits per heavy atom. The highest BCUT2D eigenvalue weighted by molar-refractivity contribution is 7.80. The van der Waals surface area contributed by atoms with Crippen molar-refractivity contribution in [2.75, 3.05) is 42.6 Å². The van der Waals surface area contributed by atoms with Crippen LogP contribution in [0.1, 0.15) is 49.8 Å². The number of aromatic nitrogens is 2. The van der Waals surface area contributed by atoms with Gasteiger partial charge in [0.25, 0.3) is 5.56 Å². The van der Waals surface area contributed by atoms with Crippen LogP contribution in [0.5, 0.6) is 0 Å². The van der Waals surface area contributed by atoms with Gasteiger partial charge in [0.05, 0.1) is 25.5 Å². The van der Waals surface area contributed by atoms with Crippen LogP contribution < -0.4 is 15.4 Å². The van der Waals surface area contributed by atoms with Crippen molar-refractivity contribution >= 4 is 28.6 Å². The van der Waals surface area contributed by atoms with Crippen molar-refractivity contribution in [1.82, 2.24) is 9.78 Å². The van der Waals surface area contributed by atoms with Gasteiger partial charge in [0.15, 0.2) is 0 Å². The Balaban J connectivity index is 1.34. The highest BCUT2D eigenvalue weighted by Gasteiger charge is 2.27. The van der Waals surface area contributed by atoms with Gasteiger partial charge in [-0.1, -0.05) is 38.0 Å². The molecule has 32 heavy (non-hydrogen) atoms. The van der Waals surface area contributed by atoms with Crippen LogP contribution in [0, 0.1) is 5.92 Å². The Morgan fingerprint density at radius 1 is 1.06 bits per heavy atom. The van der Waals surface area contributed by atoms with Crippen LogP contribution in [-0.2, 0) is 17.7 Å². The summed E-state index contributed by atoms with van der Waals surface area (Å²) in [6, 6.07) is 10.0. The van der Waals surface area contributed by atoms with Gasteiger partial charge in [-0.15, -0.1) is 0 Å². The molecule has 0 radical (unpaired) electrons. The molecule has 2 fully saturated rings. The quantitative estimate of drug-likeness (QED) is 0.659. The molecule has 0 bridgehead atoms. The molecule has 5 rings (SSSR count).